The summed E-state index contributed by atoms with van der Waals surface area (Å²) in [6, 6.07) is 7.28. The zero-order valence-corrected chi connectivity index (χ0v) is 19.1. The Hall–Kier alpha value is -2.84. The third-order valence-electron chi connectivity index (χ3n) is 5.37. The molecule has 2 aromatic rings. The van der Waals surface area contributed by atoms with Crippen LogP contribution in [0.3, 0.4) is 0 Å². The summed E-state index contributed by atoms with van der Waals surface area (Å²) in [7, 11) is 1.40. The fourth-order valence-electron chi connectivity index (χ4n) is 3.70. The van der Waals surface area contributed by atoms with Gasteiger partial charge < -0.3 is 14.4 Å². The van der Waals surface area contributed by atoms with Crippen LogP contribution in [-0.4, -0.2) is 48.3 Å². The molecule has 0 aliphatic carbocycles. The first kappa shape index (κ1) is 23.8. The van der Waals surface area contributed by atoms with Crippen molar-refractivity contribution in [3.05, 3.63) is 61.6 Å². The highest BCUT2D eigenvalue weighted by Gasteiger charge is 2.32. The summed E-state index contributed by atoms with van der Waals surface area (Å²) in [5.41, 5.74) is 0.0360. The van der Waals surface area contributed by atoms with E-state index in [4.69, 9.17) is 32.7 Å². The molecule has 0 spiro atoms. The molecule has 1 aliphatic rings. The normalized spacial score (nSPS) is 14.2. The molecular formula is C22H22Cl2N2O6. The number of hydrogen-bond acceptors (Lipinski definition) is 6. The monoisotopic (exact) mass is 480 g/mol. The molecule has 3 rings (SSSR count). The Morgan fingerprint density at radius 3 is 2.38 bits per heavy atom. The molecule has 32 heavy (non-hydrogen) atoms. The maximum atomic E-state index is 13.1. The van der Waals surface area contributed by atoms with Crippen LogP contribution in [-0.2, 0) is 0 Å². The van der Waals surface area contributed by atoms with E-state index in [1.165, 1.54) is 24.1 Å². The Morgan fingerprint density at radius 2 is 1.81 bits per heavy atom. The zero-order valence-electron chi connectivity index (χ0n) is 17.6. The molecular weight excluding hydrogens is 459 g/mol. The molecule has 0 saturated carbocycles. The zero-order chi connectivity index (χ0) is 23.4. The second kappa shape index (κ2) is 10.2. The van der Waals surface area contributed by atoms with Gasteiger partial charge in [0.2, 0.25) is 0 Å². The first-order valence-corrected chi connectivity index (χ1v) is 10.8. The number of nitro groups is 1. The molecule has 170 valence electrons. The number of amides is 1. The number of ketones is 1. The van der Waals surface area contributed by atoms with Crippen LogP contribution in [0, 0.1) is 16.0 Å². The van der Waals surface area contributed by atoms with Crippen LogP contribution in [0.5, 0.6) is 11.5 Å². The minimum Gasteiger partial charge on any atom is -0.493 e. The van der Waals surface area contributed by atoms with Gasteiger partial charge in [-0.25, -0.2) is 0 Å². The van der Waals surface area contributed by atoms with Crippen LogP contribution in [0.1, 0.15) is 40.5 Å². The Balaban J connectivity index is 1.77. The highest BCUT2D eigenvalue weighted by molar-refractivity contribution is 6.42. The van der Waals surface area contributed by atoms with Gasteiger partial charge >= 0.3 is 0 Å². The minimum absolute atomic E-state index is 0.0654. The van der Waals surface area contributed by atoms with Crippen LogP contribution < -0.4 is 9.47 Å². The van der Waals surface area contributed by atoms with Crippen molar-refractivity contribution in [2.75, 3.05) is 26.8 Å². The van der Waals surface area contributed by atoms with Crippen LogP contribution in [0.4, 0.5) is 5.69 Å². The van der Waals surface area contributed by atoms with Crippen molar-refractivity contribution < 1.29 is 24.0 Å². The topological polar surface area (TPSA) is 99.0 Å². The van der Waals surface area contributed by atoms with Gasteiger partial charge in [0.05, 0.1) is 34.8 Å². The number of likely N-dealkylation sites (tertiary alicyclic amines) is 1. The molecule has 1 saturated heterocycles. The average Bonchev–Trinajstić information content (AvgIpc) is 2.80. The van der Waals surface area contributed by atoms with Crippen molar-refractivity contribution in [2.45, 2.75) is 19.8 Å². The largest absolute Gasteiger partial charge is 0.493 e. The SMILES string of the molecule is CCOc1cc([N+](=O)[O-])c(C(=O)N2CCC(C(=O)c3ccc(Cl)c(Cl)c3)CC2)cc1OC. The van der Waals surface area contributed by atoms with E-state index in [1.54, 1.807) is 25.1 Å². The lowest BCUT2D eigenvalue weighted by Gasteiger charge is -2.31. The van der Waals surface area contributed by atoms with Gasteiger partial charge in [-0.05, 0) is 38.0 Å². The number of carbonyl (C=O) groups is 2. The number of ether oxygens (including phenoxy) is 2. The van der Waals surface area contributed by atoms with Crippen LogP contribution in [0.15, 0.2) is 30.3 Å². The summed E-state index contributed by atoms with van der Waals surface area (Å²) in [6.45, 7) is 2.63. The molecule has 1 heterocycles. The van der Waals surface area contributed by atoms with Crippen molar-refractivity contribution >= 4 is 40.6 Å². The molecule has 0 aromatic heterocycles. The lowest BCUT2D eigenvalue weighted by molar-refractivity contribution is -0.385. The number of Topliss-reactive ketones (excluding diaryl/α,β-unsaturated/α-hetero) is 1. The summed E-state index contributed by atoms with van der Waals surface area (Å²) in [6.07, 6.45) is 0.875. The summed E-state index contributed by atoms with van der Waals surface area (Å²) in [5.74, 6) is -0.390. The predicted octanol–water partition coefficient (Wildman–Crippen LogP) is 5.04. The van der Waals surface area contributed by atoms with E-state index in [0.29, 0.717) is 48.1 Å². The smallest absolute Gasteiger partial charge is 0.286 e. The molecule has 0 atom stereocenters. The van der Waals surface area contributed by atoms with Crippen LogP contribution >= 0.6 is 23.2 Å². The lowest BCUT2D eigenvalue weighted by Crippen LogP contribution is -2.40. The van der Waals surface area contributed by atoms with Gasteiger partial charge in [-0.2, -0.15) is 0 Å². The van der Waals surface area contributed by atoms with Crippen molar-refractivity contribution in [3.63, 3.8) is 0 Å². The number of rotatable bonds is 7. The number of nitro benzene ring substituents is 1. The Labute approximate surface area is 195 Å². The van der Waals surface area contributed by atoms with Gasteiger partial charge in [-0.15, -0.1) is 0 Å². The Bertz CT molecular complexity index is 1050. The van der Waals surface area contributed by atoms with Gasteiger partial charge in [0, 0.05) is 30.6 Å². The fourth-order valence-corrected chi connectivity index (χ4v) is 4.00. The quantitative estimate of drug-likeness (QED) is 0.312. The van der Waals surface area contributed by atoms with Crippen molar-refractivity contribution in [1.29, 1.82) is 0 Å². The summed E-state index contributed by atoms with van der Waals surface area (Å²) in [4.78, 5) is 38.4. The number of carbonyl (C=O) groups excluding carboxylic acids is 2. The summed E-state index contributed by atoms with van der Waals surface area (Å²) in [5, 5.41) is 12.3. The minimum atomic E-state index is -0.615. The van der Waals surface area contributed by atoms with Gasteiger partial charge in [-0.1, -0.05) is 23.2 Å². The van der Waals surface area contributed by atoms with Crippen molar-refractivity contribution in [2.24, 2.45) is 5.92 Å². The standard InChI is InChI=1S/C22H22Cl2N2O6/c1-3-32-20-12-18(26(29)30)15(11-19(20)31-2)22(28)25-8-6-13(7-9-25)21(27)14-4-5-16(23)17(24)10-14/h4-5,10-13H,3,6-9H2,1-2H3. The van der Waals surface area contributed by atoms with Gasteiger partial charge in [-0.3, -0.25) is 19.7 Å². The average molecular weight is 481 g/mol. The van der Waals surface area contributed by atoms with E-state index in [9.17, 15) is 19.7 Å². The number of benzene rings is 2. The molecule has 0 N–H and O–H groups in total. The molecule has 8 nitrogen and oxygen atoms in total. The van der Waals surface area contributed by atoms with E-state index in [1.807, 2.05) is 0 Å². The molecule has 2 aromatic carbocycles. The number of halogens is 2. The molecule has 1 amide bonds. The summed E-state index contributed by atoms with van der Waals surface area (Å²) < 4.78 is 10.6. The molecule has 10 heteroatoms. The molecule has 1 fully saturated rings. The predicted molar refractivity (Wildman–Crippen MR) is 120 cm³/mol. The molecule has 1 aliphatic heterocycles. The third kappa shape index (κ3) is 4.97. The van der Waals surface area contributed by atoms with E-state index >= 15 is 0 Å². The van der Waals surface area contributed by atoms with Crippen molar-refractivity contribution in [1.82, 2.24) is 4.90 Å². The maximum Gasteiger partial charge on any atom is 0.286 e. The highest BCUT2D eigenvalue weighted by Crippen LogP contribution is 2.36. The van der Waals surface area contributed by atoms with Crippen LogP contribution in [0.2, 0.25) is 10.0 Å². The second-order valence-electron chi connectivity index (χ2n) is 7.27. The van der Waals surface area contributed by atoms with E-state index in [0.717, 1.165) is 0 Å². The number of hydrogen-bond donors (Lipinski definition) is 0. The van der Waals surface area contributed by atoms with Crippen LogP contribution in [0.25, 0.3) is 0 Å². The van der Waals surface area contributed by atoms with Gasteiger partial charge in [0.15, 0.2) is 17.3 Å². The van der Waals surface area contributed by atoms with Gasteiger partial charge in [0.25, 0.3) is 11.6 Å². The highest BCUT2D eigenvalue weighted by atomic mass is 35.5. The van der Waals surface area contributed by atoms with E-state index < -0.39 is 10.8 Å². The Kier molecular flexibility index (Phi) is 7.58. The summed E-state index contributed by atoms with van der Waals surface area (Å²) >= 11 is 11.9. The number of piperidine rings is 1. The molecule has 0 unspecified atom stereocenters. The number of nitrogens with zero attached hydrogens (tertiary/aromatic N) is 2. The maximum absolute atomic E-state index is 13.1. The second-order valence-corrected chi connectivity index (χ2v) is 8.08. The molecule has 0 radical (unpaired) electrons. The number of methoxy groups -OCH3 is 1. The Morgan fingerprint density at radius 1 is 1.12 bits per heavy atom. The first-order valence-electron chi connectivity index (χ1n) is 10.0. The van der Waals surface area contributed by atoms with E-state index in [-0.39, 0.29) is 34.5 Å². The van der Waals surface area contributed by atoms with Gasteiger partial charge in [0.1, 0.15) is 5.56 Å². The van der Waals surface area contributed by atoms with Crippen molar-refractivity contribution in [3.8, 4) is 11.5 Å². The third-order valence-corrected chi connectivity index (χ3v) is 6.11. The fraction of sp³-hybridized carbons (Fsp3) is 0.364. The van der Waals surface area contributed by atoms with E-state index in [2.05, 4.69) is 0 Å². The first-order chi connectivity index (χ1) is 15.3. The molecule has 0 bridgehead atoms. The lowest BCUT2D eigenvalue weighted by atomic mass is 9.88.